The van der Waals surface area contributed by atoms with Crippen LogP contribution in [0.5, 0.6) is 0 Å². The molecule has 0 heterocycles. The number of rotatable bonds is 5. The molecule has 6 nitrogen and oxygen atoms in total. The van der Waals surface area contributed by atoms with Crippen LogP contribution in [0, 0.1) is 0 Å². The fraction of sp³-hybridized carbons (Fsp3) is 0.364. The van der Waals surface area contributed by atoms with Crippen molar-refractivity contribution >= 4 is 21.7 Å². The highest BCUT2D eigenvalue weighted by Crippen LogP contribution is 2.24. The predicted molar refractivity (Wildman–Crippen MR) is 67.8 cm³/mol. The molecule has 0 aliphatic carbocycles. The van der Waals surface area contributed by atoms with Gasteiger partial charge in [0.1, 0.15) is 4.90 Å². The van der Waals surface area contributed by atoms with Gasteiger partial charge in [-0.3, -0.25) is 4.79 Å². The summed E-state index contributed by atoms with van der Waals surface area (Å²) in [4.78, 5) is 10.7. The second kappa shape index (κ2) is 4.95. The molecule has 0 amide bonds. The van der Waals surface area contributed by atoms with Crippen molar-refractivity contribution in [2.45, 2.75) is 30.7 Å². The molecule has 0 radical (unpaired) electrons. The third-order valence-electron chi connectivity index (χ3n) is 2.26. The molecular weight excluding hydrogens is 256 g/mol. The van der Waals surface area contributed by atoms with Gasteiger partial charge < -0.3 is 10.4 Å². The molecule has 0 saturated heterocycles. The Kier molecular flexibility index (Phi) is 3.98. The Morgan fingerprint density at radius 2 is 1.94 bits per heavy atom. The summed E-state index contributed by atoms with van der Waals surface area (Å²) in [6.45, 7) is 3.34. The fourth-order valence-electron chi connectivity index (χ4n) is 1.60. The van der Waals surface area contributed by atoms with Gasteiger partial charge in [-0.25, -0.2) is 13.6 Å². The first kappa shape index (κ1) is 14.5. The number of carboxylic acid groups (broad SMARTS) is 1. The Bertz CT molecular complexity index is 552. The number of nitrogens with two attached hydrogens (primary N) is 1. The molecule has 100 valence electrons. The number of sulfonamides is 1. The molecule has 0 atom stereocenters. The van der Waals surface area contributed by atoms with Gasteiger partial charge >= 0.3 is 5.97 Å². The summed E-state index contributed by atoms with van der Waals surface area (Å²) in [6, 6.07) is 6.11. The number of carboxylic acids is 1. The molecule has 7 heteroatoms. The lowest BCUT2D eigenvalue weighted by atomic mass is 10.0. The Labute approximate surface area is 106 Å². The lowest BCUT2D eigenvalue weighted by Crippen LogP contribution is -2.34. The topological polar surface area (TPSA) is 109 Å². The van der Waals surface area contributed by atoms with Crippen LogP contribution in [0.1, 0.15) is 20.3 Å². The predicted octanol–water partition coefficient (Wildman–Crippen LogP) is 0.999. The molecule has 0 aliphatic heterocycles. The minimum Gasteiger partial charge on any atom is -0.481 e. The van der Waals surface area contributed by atoms with Crippen molar-refractivity contribution in [3.63, 3.8) is 0 Å². The maximum absolute atomic E-state index is 11.4. The SMILES string of the molecule is CC(C)(CC(=O)O)Nc1ccccc1S(N)(=O)=O. The van der Waals surface area contributed by atoms with Crippen molar-refractivity contribution in [3.05, 3.63) is 24.3 Å². The molecule has 18 heavy (non-hydrogen) atoms. The minimum absolute atomic E-state index is 0.0523. The smallest absolute Gasteiger partial charge is 0.305 e. The number of primary sulfonamides is 1. The van der Waals surface area contributed by atoms with Gasteiger partial charge in [0.2, 0.25) is 10.0 Å². The average Bonchev–Trinajstić information content (AvgIpc) is 2.13. The zero-order valence-electron chi connectivity index (χ0n) is 10.2. The summed E-state index contributed by atoms with van der Waals surface area (Å²) in [5.41, 5.74) is -0.488. The van der Waals surface area contributed by atoms with Crippen LogP contribution in [0.15, 0.2) is 29.2 Å². The molecule has 1 aromatic rings. The second-order valence-electron chi connectivity index (χ2n) is 4.62. The van der Waals surface area contributed by atoms with Crippen LogP contribution in [-0.2, 0) is 14.8 Å². The Balaban J connectivity index is 3.09. The number of anilines is 1. The molecular formula is C11H16N2O4S. The van der Waals surface area contributed by atoms with Crippen molar-refractivity contribution in [2.75, 3.05) is 5.32 Å². The number of para-hydroxylation sites is 1. The summed E-state index contributed by atoms with van der Waals surface area (Å²) in [6.07, 6.45) is -0.147. The molecule has 0 unspecified atom stereocenters. The summed E-state index contributed by atoms with van der Waals surface area (Å²) in [5, 5.41) is 16.8. The quantitative estimate of drug-likeness (QED) is 0.740. The number of hydrogen-bond acceptors (Lipinski definition) is 4. The fourth-order valence-corrected chi connectivity index (χ4v) is 2.30. The molecule has 0 bridgehead atoms. The molecule has 0 aliphatic rings. The van der Waals surface area contributed by atoms with Crippen LogP contribution in [0.4, 0.5) is 5.69 Å². The molecule has 4 N–H and O–H groups in total. The van der Waals surface area contributed by atoms with Gasteiger partial charge in [-0.05, 0) is 26.0 Å². The van der Waals surface area contributed by atoms with Gasteiger partial charge in [0.15, 0.2) is 0 Å². The third kappa shape index (κ3) is 4.01. The zero-order chi connectivity index (χ0) is 14.0. The number of carbonyl (C=O) groups is 1. The highest BCUT2D eigenvalue weighted by atomic mass is 32.2. The summed E-state index contributed by atoms with van der Waals surface area (Å²) in [7, 11) is -3.84. The molecule has 0 spiro atoms. The van der Waals surface area contributed by atoms with Crippen LogP contribution in [0.2, 0.25) is 0 Å². The van der Waals surface area contributed by atoms with Crippen LogP contribution in [0.25, 0.3) is 0 Å². The Morgan fingerprint density at radius 1 is 1.39 bits per heavy atom. The van der Waals surface area contributed by atoms with Crippen LogP contribution < -0.4 is 10.5 Å². The Morgan fingerprint density at radius 3 is 2.44 bits per heavy atom. The maximum atomic E-state index is 11.4. The van der Waals surface area contributed by atoms with E-state index in [1.165, 1.54) is 6.07 Å². The first-order valence-corrected chi connectivity index (χ1v) is 6.78. The number of aliphatic carboxylic acids is 1. The van der Waals surface area contributed by atoms with Crippen LogP contribution >= 0.6 is 0 Å². The Hall–Kier alpha value is -1.60. The first-order chi connectivity index (χ1) is 8.12. The highest BCUT2D eigenvalue weighted by Gasteiger charge is 2.24. The van der Waals surface area contributed by atoms with E-state index < -0.39 is 21.5 Å². The van der Waals surface area contributed by atoms with Crippen molar-refractivity contribution in [2.24, 2.45) is 5.14 Å². The molecule has 0 aromatic heterocycles. The molecule has 0 saturated carbocycles. The maximum Gasteiger partial charge on any atom is 0.305 e. The van der Waals surface area contributed by atoms with Gasteiger partial charge in [-0.2, -0.15) is 0 Å². The summed E-state index contributed by atoms with van der Waals surface area (Å²) >= 11 is 0. The van der Waals surface area contributed by atoms with Crippen LogP contribution in [-0.4, -0.2) is 25.0 Å². The molecule has 0 fully saturated rings. The highest BCUT2D eigenvalue weighted by molar-refractivity contribution is 7.89. The van der Waals surface area contributed by atoms with Gasteiger partial charge in [0, 0.05) is 5.54 Å². The van der Waals surface area contributed by atoms with E-state index in [1.54, 1.807) is 32.0 Å². The minimum atomic E-state index is -3.84. The standard InChI is InChI=1S/C11H16N2O4S/c1-11(2,7-10(14)15)13-8-5-3-4-6-9(8)18(12,16)17/h3-6,13H,7H2,1-2H3,(H,14,15)(H2,12,16,17). The van der Waals surface area contributed by atoms with E-state index >= 15 is 0 Å². The monoisotopic (exact) mass is 272 g/mol. The second-order valence-corrected chi connectivity index (χ2v) is 6.15. The van der Waals surface area contributed by atoms with E-state index in [2.05, 4.69) is 5.32 Å². The lowest BCUT2D eigenvalue weighted by molar-refractivity contribution is -0.137. The van der Waals surface area contributed by atoms with E-state index in [0.29, 0.717) is 5.69 Å². The van der Waals surface area contributed by atoms with Gasteiger partial charge in [0.05, 0.1) is 12.1 Å². The van der Waals surface area contributed by atoms with E-state index in [0.717, 1.165) is 0 Å². The van der Waals surface area contributed by atoms with Crippen molar-refractivity contribution in [1.29, 1.82) is 0 Å². The van der Waals surface area contributed by atoms with E-state index in [-0.39, 0.29) is 11.3 Å². The summed E-state index contributed by atoms with van der Waals surface area (Å²) in [5.74, 6) is -0.972. The lowest BCUT2D eigenvalue weighted by Gasteiger charge is -2.26. The van der Waals surface area contributed by atoms with Gasteiger partial charge in [-0.1, -0.05) is 12.1 Å². The van der Waals surface area contributed by atoms with E-state index in [9.17, 15) is 13.2 Å². The number of hydrogen-bond donors (Lipinski definition) is 3. The third-order valence-corrected chi connectivity index (χ3v) is 3.23. The molecule has 1 rings (SSSR count). The average molecular weight is 272 g/mol. The van der Waals surface area contributed by atoms with Crippen LogP contribution in [0.3, 0.4) is 0 Å². The molecule has 1 aromatic carbocycles. The van der Waals surface area contributed by atoms with E-state index in [4.69, 9.17) is 10.2 Å². The largest absolute Gasteiger partial charge is 0.481 e. The zero-order valence-corrected chi connectivity index (χ0v) is 11.0. The normalized spacial score (nSPS) is 12.2. The van der Waals surface area contributed by atoms with E-state index in [1.807, 2.05) is 0 Å². The number of nitrogens with one attached hydrogen (secondary N) is 1. The summed E-state index contributed by atoms with van der Waals surface area (Å²) < 4.78 is 22.8. The van der Waals surface area contributed by atoms with Gasteiger partial charge in [0.25, 0.3) is 0 Å². The number of benzene rings is 1. The van der Waals surface area contributed by atoms with Crippen molar-refractivity contribution in [1.82, 2.24) is 0 Å². The van der Waals surface area contributed by atoms with Crippen molar-refractivity contribution < 1.29 is 18.3 Å². The van der Waals surface area contributed by atoms with Gasteiger partial charge in [-0.15, -0.1) is 0 Å². The van der Waals surface area contributed by atoms with Crippen molar-refractivity contribution in [3.8, 4) is 0 Å². The first-order valence-electron chi connectivity index (χ1n) is 5.24.